The van der Waals surface area contributed by atoms with Gasteiger partial charge in [-0.1, -0.05) is 43.0 Å². The number of nitrogens with zero attached hydrogens (tertiary/aromatic N) is 2. The van der Waals surface area contributed by atoms with E-state index in [1.165, 1.54) is 21.2 Å². The molecular formula is C20H26N2O2S. The Morgan fingerprint density at radius 2 is 1.52 bits per heavy atom. The van der Waals surface area contributed by atoms with E-state index in [2.05, 4.69) is 79.3 Å². The van der Waals surface area contributed by atoms with Gasteiger partial charge in [-0.05, 0) is 45.3 Å². The van der Waals surface area contributed by atoms with Crippen molar-refractivity contribution < 1.29 is 9.90 Å². The Kier molecular flexibility index (Phi) is 6.91. The maximum Gasteiger partial charge on any atom is 0.303 e. The molecule has 0 bridgehead atoms. The Balaban J connectivity index is 0.000000399. The van der Waals surface area contributed by atoms with Crippen molar-refractivity contribution in [2.75, 3.05) is 25.5 Å². The Labute approximate surface area is 154 Å². The van der Waals surface area contributed by atoms with Crippen LogP contribution in [0.2, 0.25) is 0 Å². The Hall–Kier alpha value is -1.98. The van der Waals surface area contributed by atoms with Crippen LogP contribution in [0, 0.1) is 0 Å². The number of fused-ring (bicyclic) bond motifs is 2. The number of carbonyl (C=O) groups is 1. The summed E-state index contributed by atoms with van der Waals surface area (Å²) >= 11 is 1.87. The third-order valence-electron chi connectivity index (χ3n) is 4.16. The van der Waals surface area contributed by atoms with Crippen LogP contribution in [0.4, 0.5) is 11.4 Å². The molecule has 1 aliphatic rings. The van der Waals surface area contributed by atoms with Crippen molar-refractivity contribution in [1.82, 2.24) is 4.90 Å². The first-order valence-electron chi connectivity index (χ1n) is 8.45. The molecule has 0 spiro atoms. The number of hydrogen-bond acceptors (Lipinski definition) is 4. The van der Waals surface area contributed by atoms with Gasteiger partial charge in [0.2, 0.25) is 0 Å². The standard InChI is InChI=1S/C17H20N2S.C3H6O2/c1-13(18(2)3)12-19-14-8-4-6-10-16(14)20-17-11-7-5-9-15(17)19;1-2-3(4)5/h4-11,13H,12H2,1-3H3;2H2,1H3,(H,4,5). The van der Waals surface area contributed by atoms with E-state index in [1.807, 2.05) is 11.8 Å². The molecule has 0 radical (unpaired) electrons. The van der Waals surface area contributed by atoms with Crippen LogP contribution < -0.4 is 4.90 Å². The first-order chi connectivity index (χ1) is 11.9. The van der Waals surface area contributed by atoms with Crippen molar-refractivity contribution >= 4 is 29.1 Å². The van der Waals surface area contributed by atoms with Gasteiger partial charge in [-0.3, -0.25) is 4.79 Å². The van der Waals surface area contributed by atoms with E-state index in [9.17, 15) is 4.79 Å². The molecule has 0 saturated heterocycles. The number of aliphatic carboxylic acids is 1. The highest BCUT2D eigenvalue weighted by molar-refractivity contribution is 7.99. The molecule has 2 aromatic carbocycles. The zero-order chi connectivity index (χ0) is 18.4. The minimum Gasteiger partial charge on any atom is -0.481 e. The van der Waals surface area contributed by atoms with E-state index in [0.717, 1.165) is 6.54 Å². The Bertz CT molecular complexity index is 673. The van der Waals surface area contributed by atoms with Crippen LogP contribution in [0.5, 0.6) is 0 Å². The van der Waals surface area contributed by atoms with Crippen LogP contribution >= 0.6 is 11.8 Å². The lowest BCUT2D eigenvalue weighted by atomic mass is 10.2. The quantitative estimate of drug-likeness (QED) is 0.857. The normalized spacial score (nSPS) is 13.4. The maximum atomic E-state index is 9.37. The van der Waals surface area contributed by atoms with E-state index in [-0.39, 0.29) is 6.42 Å². The minimum atomic E-state index is -0.745. The van der Waals surface area contributed by atoms with Crippen molar-refractivity contribution in [3.8, 4) is 0 Å². The molecule has 2 aromatic rings. The molecule has 1 heterocycles. The molecule has 3 rings (SSSR count). The van der Waals surface area contributed by atoms with E-state index >= 15 is 0 Å². The van der Waals surface area contributed by atoms with E-state index < -0.39 is 5.97 Å². The highest BCUT2D eigenvalue weighted by Gasteiger charge is 2.24. The van der Waals surface area contributed by atoms with Gasteiger partial charge < -0.3 is 14.9 Å². The molecule has 0 fully saturated rings. The fourth-order valence-electron chi connectivity index (χ4n) is 2.41. The van der Waals surface area contributed by atoms with Crippen molar-refractivity contribution in [3.05, 3.63) is 48.5 Å². The van der Waals surface area contributed by atoms with Gasteiger partial charge in [0.15, 0.2) is 0 Å². The highest BCUT2D eigenvalue weighted by Crippen LogP contribution is 2.47. The van der Waals surface area contributed by atoms with Crippen LogP contribution in [0.15, 0.2) is 58.3 Å². The fourth-order valence-corrected chi connectivity index (χ4v) is 3.50. The first-order valence-corrected chi connectivity index (χ1v) is 9.27. The Morgan fingerprint density at radius 1 is 1.08 bits per heavy atom. The van der Waals surface area contributed by atoms with Gasteiger partial charge in [-0.25, -0.2) is 0 Å². The number of carboxylic acid groups (broad SMARTS) is 1. The SMILES string of the molecule is CC(CN1c2ccccc2Sc2ccccc21)N(C)C.CCC(=O)O. The molecule has 1 aliphatic heterocycles. The Morgan fingerprint density at radius 3 is 1.92 bits per heavy atom. The van der Waals surface area contributed by atoms with Crippen LogP contribution in [-0.4, -0.2) is 42.7 Å². The lowest BCUT2D eigenvalue weighted by Crippen LogP contribution is -2.37. The smallest absolute Gasteiger partial charge is 0.303 e. The second kappa shape index (κ2) is 8.92. The molecule has 0 aliphatic carbocycles. The van der Waals surface area contributed by atoms with Gasteiger partial charge in [0, 0.05) is 28.8 Å². The molecule has 0 amide bonds. The summed E-state index contributed by atoms with van der Waals surface area (Å²) in [6.07, 6.45) is 0.222. The van der Waals surface area contributed by atoms with Gasteiger partial charge in [0.05, 0.1) is 11.4 Å². The predicted molar refractivity (Wildman–Crippen MR) is 105 cm³/mol. The third-order valence-corrected chi connectivity index (χ3v) is 5.29. The van der Waals surface area contributed by atoms with E-state index in [4.69, 9.17) is 5.11 Å². The monoisotopic (exact) mass is 358 g/mol. The molecule has 4 nitrogen and oxygen atoms in total. The summed E-state index contributed by atoms with van der Waals surface area (Å²) in [5.41, 5.74) is 2.65. The van der Waals surface area contributed by atoms with Gasteiger partial charge in [0.1, 0.15) is 0 Å². The maximum absolute atomic E-state index is 9.37. The first kappa shape index (κ1) is 19.3. The van der Waals surface area contributed by atoms with Crippen molar-refractivity contribution in [2.45, 2.75) is 36.1 Å². The molecule has 1 unspecified atom stereocenters. The molecule has 134 valence electrons. The number of anilines is 2. The van der Waals surface area contributed by atoms with Crippen LogP contribution in [0.25, 0.3) is 0 Å². The van der Waals surface area contributed by atoms with Crippen LogP contribution in [0.1, 0.15) is 20.3 Å². The lowest BCUT2D eigenvalue weighted by molar-refractivity contribution is -0.136. The second-order valence-corrected chi connectivity index (χ2v) is 7.29. The zero-order valence-electron chi connectivity index (χ0n) is 15.3. The summed E-state index contributed by atoms with van der Waals surface area (Å²) in [7, 11) is 4.28. The van der Waals surface area contributed by atoms with Crippen molar-refractivity contribution in [2.24, 2.45) is 0 Å². The molecule has 25 heavy (non-hydrogen) atoms. The molecule has 0 saturated carbocycles. The average molecular weight is 359 g/mol. The van der Waals surface area contributed by atoms with E-state index in [0.29, 0.717) is 6.04 Å². The van der Waals surface area contributed by atoms with Crippen LogP contribution in [0.3, 0.4) is 0 Å². The molecule has 5 heteroatoms. The molecule has 1 atom stereocenters. The van der Waals surface area contributed by atoms with Gasteiger partial charge in [-0.15, -0.1) is 0 Å². The predicted octanol–water partition coefficient (Wildman–Crippen LogP) is 4.72. The van der Waals surface area contributed by atoms with Gasteiger partial charge in [-0.2, -0.15) is 0 Å². The summed E-state index contributed by atoms with van der Waals surface area (Å²) in [4.78, 5) is 16.8. The molecule has 0 aromatic heterocycles. The van der Waals surface area contributed by atoms with Gasteiger partial charge in [0.25, 0.3) is 0 Å². The number of para-hydroxylation sites is 2. The molecular weight excluding hydrogens is 332 g/mol. The largest absolute Gasteiger partial charge is 0.481 e. The summed E-state index contributed by atoms with van der Waals surface area (Å²) < 4.78 is 0. The number of rotatable bonds is 4. The summed E-state index contributed by atoms with van der Waals surface area (Å²) in [5, 5.41) is 7.72. The van der Waals surface area contributed by atoms with E-state index in [1.54, 1.807) is 6.92 Å². The fraction of sp³-hybridized carbons (Fsp3) is 0.350. The number of likely N-dealkylation sites (N-methyl/N-ethyl adjacent to an activating group) is 1. The second-order valence-electron chi connectivity index (χ2n) is 6.21. The molecule has 1 N–H and O–H groups in total. The summed E-state index contributed by atoms with van der Waals surface area (Å²) in [6, 6.07) is 17.9. The summed E-state index contributed by atoms with van der Waals surface area (Å²) in [5.74, 6) is -0.745. The van der Waals surface area contributed by atoms with Crippen molar-refractivity contribution in [3.63, 3.8) is 0 Å². The van der Waals surface area contributed by atoms with Crippen LogP contribution in [-0.2, 0) is 4.79 Å². The minimum absolute atomic E-state index is 0.222. The number of carboxylic acids is 1. The zero-order valence-corrected chi connectivity index (χ0v) is 16.1. The number of hydrogen-bond donors (Lipinski definition) is 1. The van der Waals surface area contributed by atoms with Gasteiger partial charge >= 0.3 is 5.97 Å². The summed E-state index contributed by atoms with van der Waals surface area (Å²) in [6.45, 7) is 4.87. The average Bonchev–Trinajstić information content (AvgIpc) is 2.61. The van der Waals surface area contributed by atoms with Crippen molar-refractivity contribution in [1.29, 1.82) is 0 Å². The third kappa shape index (κ3) is 5.00. The highest BCUT2D eigenvalue weighted by atomic mass is 32.2. The topological polar surface area (TPSA) is 43.8 Å². The lowest BCUT2D eigenvalue weighted by Gasteiger charge is -2.36. The number of benzene rings is 2.